The summed E-state index contributed by atoms with van der Waals surface area (Å²) in [4.78, 5) is 13.8. The first kappa shape index (κ1) is 13.5. The minimum absolute atomic E-state index is 0.0473. The number of carbonyl (C=O) groups excluding carboxylic acids is 1. The maximum Gasteiger partial charge on any atom is 0.221 e. The number of piperidine rings is 1. The molecule has 0 bridgehead atoms. The van der Waals surface area contributed by atoms with Crippen LogP contribution in [0.4, 0.5) is 0 Å². The van der Waals surface area contributed by atoms with Gasteiger partial charge in [-0.2, -0.15) is 0 Å². The van der Waals surface area contributed by atoms with Crippen LogP contribution in [-0.4, -0.2) is 42.5 Å². The number of carbonyl (C=O) groups is 1. The summed E-state index contributed by atoms with van der Waals surface area (Å²) < 4.78 is 0. The van der Waals surface area contributed by atoms with Gasteiger partial charge in [0.1, 0.15) is 0 Å². The number of rotatable bonds is 5. The van der Waals surface area contributed by atoms with Gasteiger partial charge in [0.2, 0.25) is 5.91 Å². The molecular formula is C12H25N3O. The van der Waals surface area contributed by atoms with E-state index in [9.17, 15) is 4.79 Å². The number of likely N-dealkylation sites (tertiary alicyclic amines) is 1. The highest BCUT2D eigenvalue weighted by atomic mass is 16.1. The van der Waals surface area contributed by atoms with Crippen molar-refractivity contribution >= 4 is 5.91 Å². The molecule has 94 valence electrons. The highest BCUT2D eigenvalue weighted by molar-refractivity contribution is 5.76. The van der Waals surface area contributed by atoms with Crippen LogP contribution in [0.3, 0.4) is 0 Å². The van der Waals surface area contributed by atoms with Crippen LogP contribution in [0.15, 0.2) is 0 Å². The first-order valence-corrected chi connectivity index (χ1v) is 6.36. The maximum absolute atomic E-state index is 11.4. The van der Waals surface area contributed by atoms with Gasteiger partial charge < -0.3 is 11.1 Å². The van der Waals surface area contributed by atoms with Gasteiger partial charge in [0, 0.05) is 31.6 Å². The second kappa shape index (κ2) is 6.86. The van der Waals surface area contributed by atoms with Gasteiger partial charge in [-0.3, -0.25) is 9.69 Å². The number of hydrogen-bond acceptors (Lipinski definition) is 3. The van der Waals surface area contributed by atoms with Crippen LogP contribution in [0.25, 0.3) is 0 Å². The van der Waals surface area contributed by atoms with Crippen molar-refractivity contribution in [2.24, 2.45) is 5.73 Å². The normalized spacial score (nSPS) is 24.1. The molecule has 2 unspecified atom stereocenters. The summed E-state index contributed by atoms with van der Waals surface area (Å²) in [5, 5.41) is 2.92. The molecule has 0 aromatic rings. The fraction of sp³-hybridized carbons (Fsp3) is 0.917. The van der Waals surface area contributed by atoms with E-state index in [4.69, 9.17) is 5.73 Å². The van der Waals surface area contributed by atoms with E-state index in [0.717, 1.165) is 13.1 Å². The first-order chi connectivity index (χ1) is 7.59. The largest absolute Gasteiger partial charge is 0.355 e. The van der Waals surface area contributed by atoms with Gasteiger partial charge in [0.05, 0.1) is 0 Å². The smallest absolute Gasteiger partial charge is 0.221 e. The van der Waals surface area contributed by atoms with Crippen molar-refractivity contribution < 1.29 is 4.79 Å². The van der Waals surface area contributed by atoms with Crippen molar-refractivity contribution in [2.75, 3.05) is 19.6 Å². The van der Waals surface area contributed by atoms with Gasteiger partial charge >= 0.3 is 0 Å². The van der Waals surface area contributed by atoms with E-state index in [-0.39, 0.29) is 11.9 Å². The van der Waals surface area contributed by atoms with Crippen LogP contribution in [0.2, 0.25) is 0 Å². The molecule has 4 heteroatoms. The summed E-state index contributed by atoms with van der Waals surface area (Å²) in [6, 6.07) is 0.619. The second-order valence-corrected chi connectivity index (χ2v) is 4.91. The maximum atomic E-state index is 11.4. The van der Waals surface area contributed by atoms with Gasteiger partial charge in [-0.05, 0) is 33.2 Å². The Morgan fingerprint density at radius 1 is 1.56 bits per heavy atom. The van der Waals surface area contributed by atoms with E-state index in [2.05, 4.69) is 17.1 Å². The molecule has 1 aliphatic heterocycles. The van der Waals surface area contributed by atoms with Crippen molar-refractivity contribution in [3.63, 3.8) is 0 Å². The van der Waals surface area contributed by atoms with E-state index < -0.39 is 0 Å². The Kier molecular flexibility index (Phi) is 5.77. The van der Waals surface area contributed by atoms with Crippen molar-refractivity contribution in [2.45, 2.75) is 51.6 Å². The summed E-state index contributed by atoms with van der Waals surface area (Å²) in [6.45, 7) is 7.00. The predicted molar refractivity (Wildman–Crippen MR) is 66.2 cm³/mol. The molecule has 4 nitrogen and oxygen atoms in total. The molecule has 1 saturated heterocycles. The third-order valence-corrected chi connectivity index (χ3v) is 3.17. The van der Waals surface area contributed by atoms with Gasteiger partial charge in [0.15, 0.2) is 0 Å². The summed E-state index contributed by atoms with van der Waals surface area (Å²) in [6.07, 6.45) is 4.34. The van der Waals surface area contributed by atoms with Gasteiger partial charge in [-0.25, -0.2) is 0 Å². The van der Waals surface area contributed by atoms with Crippen LogP contribution in [0, 0.1) is 0 Å². The molecule has 16 heavy (non-hydrogen) atoms. The Morgan fingerprint density at radius 2 is 2.31 bits per heavy atom. The zero-order valence-electron chi connectivity index (χ0n) is 10.5. The molecule has 0 aromatic carbocycles. The van der Waals surface area contributed by atoms with E-state index in [1.54, 1.807) is 0 Å². The minimum Gasteiger partial charge on any atom is -0.355 e. The van der Waals surface area contributed by atoms with Gasteiger partial charge in [0.25, 0.3) is 0 Å². The Balaban J connectivity index is 2.12. The van der Waals surface area contributed by atoms with E-state index in [0.29, 0.717) is 12.5 Å². The van der Waals surface area contributed by atoms with Crippen LogP contribution in [0.1, 0.15) is 39.5 Å². The lowest BCUT2D eigenvalue weighted by atomic mass is 10.0. The summed E-state index contributed by atoms with van der Waals surface area (Å²) in [5.74, 6) is 0.0691. The molecule has 0 aliphatic carbocycles. The SMILES string of the molecule is CC(N)CC(=O)NCCN1CCCCC1C. The van der Waals surface area contributed by atoms with Crippen molar-refractivity contribution in [1.29, 1.82) is 0 Å². The van der Waals surface area contributed by atoms with Crippen LogP contribution < -0.4 is 11.1 Å². The van der Waals surface area contributed by atoms with Crippen LogP contribution >= 0.6 is 0 Å². The molecule has 3 N–H and O–H groups in total. The third-order valence-electron chi connectivity index (χ3n) is 3.17. The monoisotopic (exact) mass is 227 g/mol. The fourth-order valence-electron chi connectivity index (χ4n) is 2.19. The third kappa shape index (κ3) is 4.94. The predicted octanol–water partition coefficient (Wildman–Crippen LogP) is 0.714. The van der Waals surface area contributed by atoms with Crippen molar-refractivity contribution in [3.05, 3.63) is 0 Å². The number of amides is 1. The molecular weight excluding hydrogens is 202 g/mol. The Hall–Kier alpha value is -0.610. The number of nitrogens with one attached hydrogen (secondary N) is 1. The Bertz CT molecular complexity index is 218. The van der Waals surface area contributed by atoms with Crippen LogP contribution in [0.5, 0.6) is 0 Å². The molecule has 0 spiro atoms. The topological polar surface area (TPSA) is 58.4 Å². The zero-order chi connectivity index (χ0) is 12.0. The molecule has 0 saturated carbocycles. The standard InChI is InChI=1S/C12H25N3O/c1-10(13)9-12(16)14-6-8-15-7-4-3-5-11(15)2/h10-11H,3-9,13H2,1-2H3,(H,14,16). The zero-order valence-corrected chi connectivity index (χ0v) is 10.5. The van der Waals surface area contributed by atoms with Crippen LogP contribution in [-0.2, 0) is 4.79 Å². The highest BCUT2D eigenvalue weighted by Crippen LogP contribution is 2.15. The van der Waals surface area contributed by atoms with Crippen molar-refractivity contribution in [1.82, 2.24) is 10.2 Å². The quantitative estimate of drug-likeness (QED) is 0.727. The lowest BCUT2D eigenvalue weighted by Crippen LogP contribution is -2.42. The second-order valence-electron chi connectivity index (χ2n) is 4.91. The highest BCUT2D eigenvalue weighted by Gasteiger charge is 2.17. The number of nitrogens with zero attached hydrogens (tertiary/aromatic N) is 1. The molecule has 0 radical (unpaired) electrons. The van der Waals surface area contributed by atoms with E-state index in [1.807, 2.05) is 6.92 Å². The van der Waals surface area contributed by atoms with E-state index in [1.165, 1.54) is 25.8 Å². The Morgan fingerprint density at radius 3 is 2.94 bits per heavy atom. The van der Waals surface area contributed by atoms with Crippen molar-refractivity contribution in [3.8, 4) is 0 Å². The molecule has 1 aliphatic rings. The summed E-state index contributed by atoms with van der Waals surface area (Å²) in [5.41, 5.74) is 5.56. The molecule has 0 aromatic heterocycles. The Labute approximate surface area is 98.6 Å². The fourth-order valence-corrected chi connectivity index (χ4v) is 2.19. The molecule has 1 amide bonds. The molecule has 1 rings (SSSR count). The molecule has 2 atom stereocenters. The summed E-state index contributed by atoms with van der Waals surface area (Å²) in [7, 11) is 0. The molecule has 1 fully saturated rings. The summed E-state index contributed by atoms with van der Waals surface area (Å²) >= 11 is 0. The first-order valence-electron chi connectivity index (χ1n) is 6.36. The van der Waals surface area contributed by atoms with Gasteiger partial charge in [-0.15, -0.1) is 0 Å². The average molecular weight is 227 g/mol. The molecule has 1 heterocycles. The van der Waals surface area contributed by atoms with E-state index >= 15 is 0 Å². The lowest BCUT2D eigenvalue weighted by molar-refractivity contribution is -0.121. The van der Waals surface area contributed by atoms with Gasteiger partial charge in [-0.1, -0.05) is 6.42 Å². The minimum atomic E-state index is -0.0473. The number of nitrogens with two attached hydrogens (primary N) is 1. The average Bonchev–Trinajstić information content (AvgIpc) is 2.19. The number of hydrogen-bond donors (Lipinski definition) is 2. The lowest BCUT2D eigenvalue weighted by Gasteiger charge is -2.33.